The second kappa shape index (κ2) is 4.17. The van der Waals surface area contributed by atoms with Gasteiger partial charge in [0.1, 0.15) is 0 Å². The second-order valence-corrected chi connectivity index (χ2v) is 3.13. The summed E-state index contributed by atoms with van der Waals surface area (Å²) in [5.74, 6) is 11.5. The maximum Gasteiger partial charge on any atom is 0.221 e. The van der Waals surface area contributed by atoms with Gasteiger partial charge in [0, 0.05) is 12.3 Å². The Balaban J connectivity index is 2.72. The molecule has 0 nitrogen and oxygen atoms in total. The molecular formula is C11H13F. The Bertz CT molecular complexity index is 258. The number of rotatable bonds is 1. The van der Waals surface area contributed by atoms with Crippen molar-refractivity contribution in [3.8, 4) is 23.7 Å². The van der Waals surface area contributed by atoms with Crippen LogP contribution in [0.1, 0.15) is 26.7 Å². The van der Waals surface area contributed by atoms with Crippen LogP contribution in [0.5, 0.6) is 0 Å². The zero-order valence-corrected chi connectivity index (χ0v) is 7.52. The van der Waals surface area contributed by atoms with Gasteiger partial charge in [-0.2, -0.15) is 0 Å². The van der Waals surface area contributed by atoms with Crippen LogP contribution in [0.25, 0.3) is 0 Å². The van der Waals surface area contributed by atoms with E-state index in [1.54, 1.807) is 0 Å². The molecule has 0 heterocycles. The molecule has 0 fully saturated rings. The van der Waals surface area contributed by atoms with E-state index in [2.05, 4.69) is 30.6 Å². The van der Waals surface area contributed by atoms with E-state index in [-0.39, 0.29) is 5.92 Å². The van der Waals surface area contributed by atoms with Crippen LogP contribution >= 0.6 is 0 Å². The third-order valence-corrected chi connectivity index (χ3v) is 2.26. The van der Waals surface area contributed by atoms with E-state index in [4.69, 9.17) is 0 Å². The lowest BCUT2D eigenvalue weighted by atomic mass is 9.88. The van der Waals surface area contributed by atoms with Gasteiger partial charge in [-0.1, -0.05) is 44.0 Å². The molecule has 0 amide bonds. The van der Waals surface area contributed by atoms with E-state index in [0.717, 1.165) is 12.8 Å². The van der Waals surface area contributed by atoms with Crippen molar-refractivity contribution in [3.63, 3.8) is 0 Å². The molecule has 0 aromatic heterocycles. The Morgan fingerprint density at radius 2 is 2.08 bits per heavy atom. The van der Waals surface area contributed by atoms with Crippen LogP contribution in [-0.2, 0) is 0 Å². The van der Waals surface area contributed by atoms with Gasteiger partial charge in [0.25, 0.3) is 0 Å². The largest absolute Gasteiger partial charge is 0.221 e. The summed E-state index contributed by atoms with van der Waals surface area (Å²) >= 11 is 0. The summed E-state index contributed by atoms with van der Waals surface area (Å²) in [5.41, 5.74) is 0. The molecular weight excluding hydrogens is 151 g/mol. The highest BCUT2D eigenvalue weighted by Crippen LogP contribution is 2.19. The molecule has 0 spiro atoms. The van der Waals surface area contributed by atoms with Crippen LogP contribution in [0.15, 0.2) is 0 Å². The van der Waals surface area contributed by atoms with Crippen molar-refractivity contribution in [2.45, 2.75) is 32.9 Å². The second-order valence-electron chi connectivity index (χ2n) is 3.13. The highest BCUT2D eigenvalue weighted by Gasteiger charge is 2.13. The predicted octanol–water partition coefficient (Wildman–Crippen LogP) is 2.40. The van der Waals surface area contributed by atoms with Crippen molar-refractivity contribution in [1.82, 2.24) is 0 Å². The maximum absolute atomic E-state index is 12.7. The monoisotopic (exact) mass is 164 g/mol. The lowest BCUT2D eigenvalue weighted by Crippen LogP contribution is -2.10. The van der Waals surface area contributed by atoms with E-state index in [1.807, 2.05) is 6.92 Å². The van der Waals surface area contributed by atoms with Gasteiger partial charge in [0.2, 0.25) is 6.17 Å². The Labute approximate surface area is 73.5 Å². The van der Waals surface area contributed by atoms with Crippen molar-refractivity contribution in [2.75, 3.05) is 0 Å². The van der Waals surface area contributed by atoms with Gasteiger partial charge in [-0.05, 0) is 5.92 Å². The number of hydrogen-bond donors (Lipinski definition) is 0. The standard InChI is InChI=1S/C11H13F/c1-3-10-5-4-6-11(12)8-7-9(10)2/h9-11H,3,5H2,1-2H3. The molecule has 0 bridgehead atoms. The van der Waals surface area contributed by atoms with Crippen molar-refractivity contribution in [1.29, 1.82) is 0 Å². The number of halogens is 1. The summed E-state index contributed by atoms with van der Waals surface area (Å²) in [6.45, 7) is 4.17. The molecule has 0 radical (unpaired) electrons. The molecule has 0 N–H and O–H groups in total. The lowest BCUT2D eigenvalue weighted by molar-refractivity contribution is 0.422. The van der Waals surface area contributed by atoms with Crippen molar-refractivity contribution in [2.24, 2.45) is 11.8 Å². The minimum absolute atomic E-state index is 0.280. The normalized spacial score (nSPS) is 33.4. The minimum Gasteiger partial charge on any atom is -0.219 e. The summed E-state index contributed by atoms with van der Waals surface area (Å²) in [5, 5.41) is 0. The minimum atomic E-state index is -1.23. The average molecular weight is 164 g/mol. The molecule has 1 aliphatic carbocycles. The first kappa shape index (κ1) is 9.14. The summed E-state index contributed by atoms with van der Waals surface area (Å²) in [6, 6.07) is 0. The SMILES string of the molecule is CCC1CC#CC(F)C#CC1C. The summed E-state index contributed by atoms with van der Waals surface area (Å²) in [7, 11) is 0. The molecule has 12 heavy (non-hydrogen) atoms. The predicted molar refractivity (Wildman–Crippen MR) is 48.0 cm³/mol. The Morgan fingerprint density at radius 3 is 2.75 bits per heavy atom. The first-order chi connectivity index (χ1) is 5.74. The lowest BCUT2D eigenvalue weighted by Gasteiger charge is -2.15. The van der Waals surface area contributed by atoms with E-state index >= 15 is 0 Å². The van der Waals surface area contributed by atoms with Crippen molar-refractivity contribution >= 4 is 0 Å². The fraction of sp³-hybridized carbons (Fsp3) is 0.636. The quantitative estimate of drug-likeness (QED) is 0.522. The molecule has 1 aliphatic rings. The van der Waals surface area contributed by atoms with Crippen LogP contribution in [0.3, 0.4) is 0 Å². The molecule has 0 saturated carbocycles. The van der Waals surface area contributed by atoms with Gasteiger partial charge in [0.15, 0.2) is 0 Å². The van der Waals surface area contributed by atoms with Crippen LogP contribution < -0.4 is 0 Å². The van der Waals surface area contributed by atoms with E-state index in [9.17, 15) is 4.39 Å². The van der Waals surface area contributed by atoms with E-state index in [1.165, 1.54) is 0 Å². The highest BCUT2D eigenvalue weighted by molar-refractivity contribution is 5.23. The van der Waals surface area contributed by atoms with Gasteiger partial charge in [-0.25, -0.2) is 4.39 Å². The average Bonchev–Trinajstić information content (AvgIpc) is 2.06. The molecule has 0 saturated heterocycles. The third kappa shape index (κ3) is 2.28. The van der Waals surface area contributed by atoms with Crippen LogP contribution in [0.2, 0.25) is 0 Å². The van der Waals surface area contributed by atoms with Crippen LogP contribution in [0, 0.1) is 35.5 Å². The van der Waals surface area contributed by atoms with E-state index in [0.29, 0.717) is 5.92 Å². The molecule has 64 valence electrons. The number of hydrogen-bond acceptors (Lipinski definition) is 0. The maximum atomic E-state index is 12.7. The topological polar surface area (TPSA) is 0 Å². The molecule has 1 rings (SSSR count). The highest BCUT2D eigenvalue weighted by atomic mass is 19.1. The smallest absolute Gasteiger partial charge is 0.219 e. The van der Waals surface area contributed by atoms with Gasteiger partial charge in [-0.3, -0.25) is 0 Å². The summed E-state index contributed by atoms with van der Waals surface area (Å²) in [4.78, 5) is 0. The Kier molecular flexibility index (Phi) is 3.18. The third-order valence-electron chi connectivity index (χ3n) is 2.26. The summed E-state index contributed by atoms with van der Waals surface area (Å²) in [6.07, 6.45) is 0.624. The zero-order chi connectivity index (χ0) is 8.97. The van der Waals surface area contributed by atoms with E-state index < -0.39 is 6.17 Å². The molecule has 3 unspecified atom stereocenters. The van der Waals surface area contributed by atoms with Gasteiger partial charge >= 0.3 is 0 Å². The molecule has 0 aromatic rings. The molecule has 1 heteroatoms. The van der Waals surface area contributed by atoms with Gasteiger partial charge in [0.05, 0.1) is 0 Å². The van der Waals surface area contributed by atoms with Crippen molar-refractivity contribution < 1.29 is 4.39 Å². The van der Waals surface area contributed by atoms with Crippen molar-refractivity contribution in [3.05, 3.63) is 0 Å². The molecule has 0 aliphatic heterocycles. The first-order valence-corrected chi connectivity index (χ1v) is 4.37. The number of alkyl halides is 1. The fourth-order valence-corrected chi connectivity index (χ4v) is 1.31. The van der Waals surface area contributed by atoms with Gasteiger partial charge < -0.3 is 0 Å². The first-order valence-electron chi connectivity index (χ1n) is 4.37. The van der Waals surface area contributed by atoms with Crippen LogP contribution in [-0.4, -0.2) is 6.17 Å². The fourth-order valence-electron chi connectivity index (χ4n) is 1.31. The van der Waals surface area contributed by atoms with Crippen LogP contribution in [0.4, 0.5) is 4.39 Å². The zero-order valence-electron chi connectivity index (χ0n) is 7.52. The Hall–Kier alpha value is -0.950. The summed E-state index contributed by atoms with van der Waals surface area (Å²) < 4.78 is 12.7. The van der Waals surface area contributed by atoms with Gasteiger partial charge in [-0.15, -0.1) is 0 Å². The Morgan fingerprint density at radius 1 is 1.33 bits per heavy atom. The molecule has 0 aromatic carbocycles. The molecule has 3 atom stereocenters.